The van der Waals surface area contributed by atoms with E-state index in [1.165, 1.54) is 18.2 Å². The topological polar surface area (TPSA) is 114 Å². The van der Waals surface area contributed by atoms with Crippen molar-refractivity contribution in [2.75, 3.05) is 30.5 Å². The van der Waals surface area contributed by atoms with Crippen molar-refractivity contribution in [3.63, 3.8) is 0 Å². The lowest BCUT2D eigenvalue weighted by atomic mass is 10.1. The summed E-state index contributed by atoms with van der Waals surface area (Å²) in [5.74, 6) is 0.561. The van der Waals surface area contributed by atoms with E-state index in [1.807, 2.05) is 36.4 Å². The highest BCUT2D eigenvalue weighted by atomic mass is 32.2. The maximum absolute atomic E-state index is 13.2. The third-order valence-corrected chi connectivity index (χ3v) is 8.37. The highest BCUT2D eigenvalue weighted by Gasteiger charge is 2.26. The van der Waals surface area contributed by atoms with Crippen molar-refractivity contribution in [2.45, 2.75) is 24.8 Å². The van der Waals surface area contributed by atoms with Crippen molar-refractivity contribution < 1.29 is 27.5 Å². The van der Waals surface area contributed by atoms with Gasteiger partial charge >= 0.3 is 0 Å². The molecule has 1 aliphatic heterocycles. The van der Waals surface area contributed by atoms with E-state index in [1.54, 1.807) is 55.3 Å². The van der Waals surface area contributed by atoms with Crippen molar-refractivity contribution in [1.29, 1.82) is 0 Å². The number of aryl methyl sites for hydroxylation is 1. The molecule has 4 aromatic rings. The molecular formula is C32H31N3O6S. The normalized spacial score (nSPS) is 12.5. The van der Waals surface area contributed by atoms with Crippen LogP contribution in [-0.2, 0) is 27.8 Å². The molecule has 1 aliphatic rings. The molecule has 0 aromatic heterocycles. The third-order valence-electron chi connectivity index (χ3n) is 6.97. The molecule has 0 atom stereocenters. The third kappa shape index (κ3) is 6.62. The van der Waals surface area contributed by atoms with E-state index in [0.29, 0.717) is 34.9 Å². The van der Waals surface area contributed by atoms with E-state index < -0.39 is 10.0 Å². The second-order valence-corrected chi connectivity index (χ2v) is 11.6. The number of rotatable bonds is 10. The van der Waals surface area contributed by atoms with Crippen LogP contribution < -0.4 is 24.4 Å². The summed E-state index contributed by atoms with van der Waals surface area (Å²) in [4.78, 5) is 27.7. The van der Waals surface area contributed by atoms with Gasteiger partial charge < -0.3 is 19.7 Å². The first-order valence-electron chi connectivity index (χ1n) is 13.4. The Bertz CT molecular complexity index is 1710. The van der Waals surface area contributed by atoms with Crippen LogP contribution >= 0.6 is 0 Å². The second kappa shape index (κ2) is 12.5. The number of hydrogen-bond donors (Lipinski definition) is 2. The molecule has 1 heterocycles. The maximum Gasteiger partial charge on any atom is 0.262 e. The van der Waals surface area contributed by atoms with Crippen LogP contribution in [0, 0.1) is 6.92 Å². The van der Waals surface area contributed by atoms with Gasteiger partial charge in [-0.05, 0) is 84.6 Å². The molecule has 42 heavy (non-hydrogen) atoms. The number of amides is 2. The Kier molecular flexibility index (Phi) is 8.56. The monoisotopic (exact) mass is 585 g/mol. The molecular weight excluding hydrogens is 554 g/mol. The standard InChI is InChI=1S/C32H31N3O6S/c1-22-18-28(42(38,39)33-20-23-6-4-3-5-7-23)14-15-30(22)41-21-31(36)34-26-11-8-24-16-17-35(29(24)19-26)32(37)25-9-12-27(40-2)13-10-25/h3-15,18-19,33H,16-17,20-21H2,1-2H3,(H,34,36). The number of ether oxygens (including phenoxy) is 2. The Morgan fingerprint density at radius 2 is 1.69 bits per heavy atom. The van der Waals surface area contributed by atoms with Gasteiger partial charge in [0.15, 0.2) is 6.61 Å². The van der Waals surface area contributed by atoms with E-state index in [2.05, 4.69) is 10.0 Å². The van der Waals surface area contributed by atoms with Gasteiger partial charge in [-0.1, -0.05) is 36.4 Å². The fraction of sp³-hybridized carbons (Fsp3) is 0.188. The number of nitrogens with one attached hydrogen (secondary N) is 2. The number of nitrogens with zero attached hydrogens (tertiary/aromatic N) is 1. The van der Waals surface area contributed by atoms with Gasteiger partial charge in [-0.2, -0.15) is 0 Å². The van der Waals surface area contributed by atoms with Gasteiger partial charge in [0.1, 0.15) is 11.5 Å². The molecule has 216 valence electrons. The zero-order valence-electron chi connectivity index (χ0n) is 23.3. The van der Waals surface area contributed by atoms with Gasteiger partial charge in [-0.15, -0.1) is 0 Å². The predicted molar refractivity (Wildman–Crippen MR) is 161 cm³/mol. The molecule has 0 radical (unpaired) electrons. The summed E-state index contributed by atoms with van der Waals surface area (Å²) >= 11 is 0. The Morgan fingerprint density at radius 3 is 2.40 bits per heavy atom. The van der Waals surface area contributed by atoms with Crippen LogP contribution in [0.25, 0.3) is 0 Å². The number of carbonyl (C=O) groups excluding carboxylic acids is 2. The minimum atomic E-state index is -3.72. The first-order valence-corrected chi connectivity index (χ1v) is 14.9. The van der Waals surface area contributed by atoms with Gasteiger partial charge in [-0.25, -0.2) is 13.1 Å². The number of hydrogen-bond acceptors (Lipinski definition) is 6. The average molecular weight is 586 g/mol. The van der Waals surface area contributed by atoms with Crippen molar-refractivity contribution in [1.82, 2.24) is 4.72 Å². The van der Waals surface area contributed by atoms with Crippen LogP contribution in [0.5, 0.6) is 11.5 Å². The average Bonchev–Trinajstić information content (AvgIpc) is 3.43. The van der Waals surface area contributed by atoms with Crippen LogP contribution in [0.15, 0.2) is 95.9 Å². The lowest BCUT2D eigenvalue weighted by Crippen LogP contribution is -2.29. The first kappa shape index (κ1) is 28.8. The summed E-state index contributed by atoms with van der Waals surface area (Å²) in [5, 5.41) is 2.82. The second-order valence-electron chi connectivity index (χ2n) is 9.85. The fourth-order valence-electron chi connectivity index (χ4n) is 4.71. The van der Waals surface area contributed by atoms with Gasteiger partial charge in [0.05, 0.1) is 12.0 Å². The maximum atomic E-state index is 13.2. The van der Waals surface area contributed by atoms with Crippen LogP contribution in [0.2, 0.25) is 0 Å². The molecule has 2 amide bonds. The Hall–Kier alpha value is -4.67. The van der Waals surface area contributed by atoms with E-state index in [0.717, 1.165) is 23.2 Å². The lowest BCUT2D eigenvalue weighted by Gasteiger charge is -2.18. The zero-order valence-corrected chi connectivity index (χ0v) is 24.1. The number of carbonyl (C=O) groups is 2. The fourth-order valence-corrected chi connectivity index (χ4v) is 5.81. The van der Waals surface area contributed by atoms with Crippen molar-refractivity contribution in [2.24, 2.45) is 0 Å². The number of anilines is 2. The molecule has 0 fully saturated rings. The Balaban J connectivity index is 1.19. The van der Waals surface area contributed by atoms with E-state index in [-0.39, 0.29) is 29.9 Å². The van der Waals surface area contributed by atoms with Gasteiger partial charge in [-0.3, -0.25) is 9.59 Å². The minimum absolute atomic E-state index is 0.111. The van der Waals surface area contributed by atoms with Crippen LogP contribution in [0.4, 0.5) is 11.4 Å². The van der Waals surface area contributed by atoms with E-state index in [4.69, 9.17) is 9.47 Å². The molecule has 0 saturated carbocycles. The number of sulfonamides is 1. The Labute approximate surface area is 245 Å². The number of benzene rings is 4. The summed E-state index contributed by atoms with van der Waals surface area (Å²) in [6, 6.07) is 26.2. The SMILES string of the molecule is COc1ccc(C(=O)N2CCc3ccc(NC(=O)COc4ccc(S(=O)(=O)NCc5ccccc5)cc4C)cc32)cc1. The number of fused-ring (bicyclic) bond motifs is 1. The van der Waals surface area contributed by atoms with Gasteiger partial charge in [0.2, 0.25) is 10.0 Å². The summed E-state index contributed by atoms with van der Waals surface area (Å²) in [7, 11) is -2.15. The highest BCUT2D eigenvalue weighted by molar-refractivity contribution is 7.89. The van der Waals surface area contributed by atoms with Gasteiger partial charge in [0.25, 0.3) is 11.8 Å². The van der Waals surface area contributed by atoms with Gasteiger partial charge in [0, 0.05) is 30.0 Å². The molecule has 9 nitrogen and oxygen atoms in total. The molecule has 0 unspecified atom stereocenters. The minimum Gasteiger partial charge on any atom is -0.497 e. The highest BCUT2D eigenvalue weighted by Crippen LogP contribution is 2.32. The van der Waals surface area contributed by atoms with Crippen molar-refractivity contribution in [3.05, 3.63) is 113 Å². The van der Waals surface area contributed by atoms with Crippen molar-refractivity contribution >= 4 is 33.2 Å². The van der Waals surface area contributed by atoms with E-state index in [9.17, 15) is 18.0 Å². The summed E-state index contributed by atoms with van der Waals surface area (Å²) < 4.78 is 39.0. The molecule has 0 saturated heterocycles. The summed E-state index contributed by atoms with van der Waals surface area (Å²) in [6.45, 7) is 2.17. The molecule has 5 rings (SSSR count). The van der Waals surface area contributed by atoms with E-state index >= 15 is 0 Å². The zero-order chi connectivity index (χ0) is 29.7. The molecule has 0 bridgehead atoms. The van der Waals surface area contributed by atoms with Crippen LogP contribution in [-0.4, -0.2) is 40.5 Å². The molecule has 2 N–H and O–H groups in total. The molecule has 0 spiro atoms. The Morgan fingerprint density at radius 1 is 0.929 bits per heavy atom. The van der Waals surface area contributed by atoms with Crippen LogP contribution in [0.1, 0.15) is 27.0 Å². The van der Waals surface area contributed by atoms with Crippen molar-refractivity contribution in [3.8, 4) is 11.5 Å². The first-order chi connectivity index (χ1) is 20.2. The lowest BCUT2D eigenvalue weighted by molar-refractivity contribution is -0.118. The summed E-state index contributed by atoms with van der Waals surface area (Å²) in [5.41, 5.74) is 4.30. The predicted octanol–water partition coefficient (Wildman–Crippen LogP) is 4.70. The smallest absolute Gasteiger partial charge is 0.262 e. The molecule has 10 heteroatoms. The quantitative estimate of drug-likeness (QED) is 0.279. The molecule has 0 aliphatic carbocycles. The molecule has 4 aromatic carbocycles. The largest absolute Gasteiger partial charge is 0.497 e. The van der Waals surface area contributed by atoms with Crippen LogP contribution in [0.3, 0.4) is 0 Å². The summed E-state index contributed by atoms with van der Waals surface area (Å²) in [6.07, 6.45) is 0.724. The number of methoxy groups -OCH3 is 1.